The minimum absolute atomic E-state index is 0.0643. The summed E-state index contributed by atoms with van der Waals surface area (Å²) in [5.41, 5.74) is 3.65. The summed E-state index contributed by atoms with van der Waals surface area (Å²) in [6.45, 7) is 3.79. The lowest BCUT2D eigenvalue weighted by Crippen LogP contribution is -2.30. The van der Waals surface area contributed by atoms with E-state index in [1.165, 1.54) is 4.90 Å². The van der Waals surface area contributed by atoms with Crippen molar-refractivity contribution < 1.29 is 14.7 Å². The van der Waals surface area contributed by atoms with Crippen LogP contribution in [0, 0.1) is 13.8 Å². The second kappa shape index (κ2) is 7.81. The summed E-state index contributed by atoms with van der Waals surface area (Å²) in [6, 6.07) is 20.9. The van der Waals surface area contributed by atoms with Crippen LogP contribution in [-0.4, -0.2) is 16.8 Å². The molecule has 3 aromatic carbocycles. The van der Waals surface area contributed by atoms with Gasteiger partial charge in [-0.2, -0.15) is 0 Å². The SMILES string of the molecule is Cc1ccc(/C(O)=C2\C(=O)C(=O)N(c3cc(Cl)ccc3C)C2c2ccccc2)cc1. The molecule has 1 aliphatic heterocycles. The van der Waals surface area contributed by atoms with Crippen LogP contribution in [0.4, 0.5) is 5.69 Å². The molecule has 0 spiro atoms. The number of aliphatic hydroxyl groups excluding tert-OH is 1. The van der Waals surface area contributed by atoms with Crippen molar-refractivity contribution in [2.24, 2.45) is 0 Å². The molecule has 1 atom stereocenters. The second-order valence-corrected chi connectivity index (χ2v) is 7.81. The van der Waals surface area contributed by atoms with Crippen LogP contribution in [0.2, 0.25) is 5.02 Å². The lowest BCUT2D eigenvalue weighted by Gasteiger charge is -2.27. The van der Waals surface area contributed by atoms with Gasteiger partial charge in [0.05, 0.1) is 11.6 Å². The van der Waals surface area contributed by atoms with Crippen LogP contribution in [0.5, 0.6) is 0 Å². The highest BCUT2D eigenvalue weighted by Gasteiger charge is 2.47. The highest BCUT2D eigenvalue weighted by Crippen LogP contribution is 2.43. The molecule has 0 aromatic heterocycles. The second-order valence-electron chi connectivity index (χ2n) is 7.38. The number of carbonyl (C=O) groups is 2. The summed E-state index contributed by atoms with van der Waals surface area (Å²) in [7, 11) is 0. The van der Waals surface area contributed by atoms with E-state index in [0.717, 1.165) is 16.7 Å². The maximum Gasteiger partial charge on any atom is 0.300 e. The maximum atomic E-state index is 13.1. The number of nitrogens with zero attached hydrogens (tertiary/aromatic N) is 1. The van der Waals surface area contributed by atoms with Gasteiger partial charge in [-0.05, 0) is 37.1 Å². The molecule has 150 valence electrons. The summed E-state index contributed by atoms with van der Waals surface area (Å²) < 4.78 is 0. The highest BCUT2D eigenvalue weighted by molar-refractivity contribution is 6.52. The Labute approximate surface area is 180 Å². The van der Waals surface area contributed by atoms with Crippen molar-refractivity contribution >= 4 is 34.7 Å². The first-order chi connectivity index (χ1) is 14.4. The number of hydrogen-bond donors (Lipinski definition) is 1. The van der Waals surface area contributed by atoms with Crippen molar-refractivity contribution in [1.82, 2.24) is 0 Å². The van der Waals surface area contributed by atoms with Gasteiger partial charge in [-0.15, -0.1) is 0 Å². The fourth-order valence-electron chi connectivity index (χ4n) is 3.74. The first kappa shape index (κ1) is 19.9. The van der Waals surface area contributed by atoms with Gasteiger partial charge in [-0.25, -0.2) is 0 Å². The van der Waals surface area contributed by atoms with Crippen molar-refractivity contribution in [2.45, 2.75) is 19.9 Å². The van der Waals surface area contributed by atoms with Crippen LogP contribution in [0.15, 0.2) is 78.4 Å². The van der Waals surface area contributed by atoms with Gasteiger partial charge in [0.2, 0.25) is 0 Å². The Bertz CT molecular complexity index is 1170. The number of benzene rings is 3. The molecule has 1 unspecified atom stereocenters. The Hall–Kier alpha value is -3.37. The Balaban J connectivity index is 1.97. The van der Waals surface area contributed by atoms with E-state index in [1.807, 2.05) is 56.3 Å². The van der Waals surface area contributed by atoms with Gasteiger partial charge in [-0.1, -0.05) is 77.8 Å². The fourth-order valence-corrected chi connectivity index (χ4v) is 3.91. The van der Waals surface area contributed by atoms with Crippen molar-refractivity contribution in [2.75, 3.05) is 4.90 Å². The molecule has 30 heavy (non-hydrogen) atoms. The first-order valence-corrected chi connectivity index (χ1v) is 9.95. The summed E-state index contributed by atoms with van der Waals surface area (Å²) in [6.07, 6.45) is 0. The Morgan fingerprint density at radius 1 is 0.933 bits per heavy atom. The molecule has 1 saturated heterocycles. The molecule has 1 amide bonds. The van der Waals surface area contributed by atoms with Crippen LogP contribution in [0.1, 0.15) is 28.3 Å². The molecule has 0 aliphatic carbocycles. The molecule has 1 fully saturated rings. The largest absolute Gasteiger partial charge is 0.507 e. The number of Topliss-reactive ketones (excluding diaryl/α,β-unsaturated/α-hetero) is 1. The number of hydrogen-bond acceptors (Lipinski definition) is 3. The monoisotopic (exact) mass is 417 g/mol. The zero-order valence-corrected chi connectivity index (χ0v) is 17.4. The molecule has 4 nitrogen and oxygen atoms in total. The Kier molecular flexibility index (Phi) is 5.18. The predicted molar refractivity (Wildman–Crippen MR) is 119 cm³/mol. The number of halogens is 1. The molecule has 5 heteroatoms. The quantitative estimate of drug-likeness (QED) is 0.343. The lowest BCUT2D eigenvalue weighted by molar-refractivity contribution is -0.132. The van der Waals surface area contributed by atoms with Crippen molar-refractivity contribution in [3.05, 3.63) is 106 Å². The number of anilines is 1. The number of rotatable bonds is 3. The van der Waals surface area contributed by atoms with Crippen LogP contribution >= 0.6 is 11.6 Å². The standard InChI is InChI=1S/C25H20ClNO3/c1-15-8-11-18(12-9-15)23(28)21-22(17-6-4-3-5-7-17)27(25(30)24(21)29)20-14-19(26)13-10-16(20)2/h3-14,22,28H,1-2H3/b23-21+. The van der Waals surface area contributed by atoms with E-state index in [9.17, 15) is 14.7 Å². The van der Waals surface area contributed by atoms with E-state index in [1.54, 1.807) is 30.3 Å². The molecule has 1 heterocycles. The Morgan fingerprint density at radius 3 is 2.27 bits per heavy atom. The molecule has 0 radical (unpaired) electrons. The molecule has 1 aliphatic rings. The maximum absolute atomic E-state index is 13.1. The third-order valence-electron chi connectivity index (χ3n) is 5.32. The summed E-state index contributed by atoms with van der Waals surface area (Å²) >= 11 is 6.20. The van der Waals surface area contributed by atoms with E-state index in [-0.39, 0.29) is 11.3 Å². The minimum Gasteiger partial charge on any atom is -0.507 e. The van der Waals surface area contributed by atoms with Crippen molar-refractivity contribution in [3.8, 4) is 0 Å². The molecular formula is C25H20ClNO3. The van der Waals surface area contributed by atoms with Gasteiger partial charge in [0.1, 0.15) is 5.76 Å². The van der Waals surface area contributed by atoms with Gasteiger partial charge < -0.3 is 5.11 Å². The third kappa shape index (κ3) is 3.40. The number of amides is 1. The molecule has 1 N–H and O–H groups in total. The first-order valence-electron chi connectivity index (χ1n) is 9.57. The van der Waals surface area contributed by atoms with E-state index in [4.69, 9.17) is 11.6 Å². The van der Waals surface area contributed by atoms with E-state index >= 15 is 0 Å². The van der Waals surface area contributed by atoms with Gasteiger partial charge >= 0.3 is 0 Å². The van der Waals surface area contributed by atoms with Crippen molar-refractivity contribution in [1.29, 1.82) is 0 Å². The van der Waals surface area contributed by atoms with Crippen molar-refractivity contribution in [3.63, 3.8) is 0 Å². The van der Waals surface area contributed by atoms with E-state index in [0.29, 0.717) is 16.3 Å². The van der Waals surface area contributed by atoms with Gasteiger partial charge in [0.15, 0.2) is 0 Å². The number of aliphatic hydroxyl groups is 1. The van der Waals surface area contributed by atoms with Crippen LogP contribution in [-0.2, 0) is 9.59 Å². The normalized spacial score (nSPS) is 18.1. The topological polar surface area (TPSA) is 57.6 Å². The molecule has 4 rings (SSSR count). The number of ketones is 1. The zero-order chi connectivity index (χ0) is 21.4. The summed E-state index contributed by atoms with van der Waals surface area (Å²) in [5.74, 6) is -1.60. The lowest BCUT2D eigenvalue weighted by atomic mass is 9.94. The third-order valence-corrected chi connectivity index (χ3v) is 5.55. The van der Waals surface area contributed by atoms with Crippen LogP contribution in [0.25, 0.3) is 5.76 Å². The number of carbonyl (C=O) groups excluding carboxylic acids is 2. The van der Waals surface area contributed by atoms with Gasteiger partial charge in [-0.3, -0.25) is 14.5 Å². The average Bonchev–Trinajstić information content (AvgIpc) is 3.01. The van der Waals surface area contributed by atoms with Crippen LogP contribution in [0.3, 0.4) is 0 Å². The molecule has 0 saturated carbocycles. The predicted octanol–water partition coefficient (Wildman–Crippen LogP) is 5.58. The van der Waals surface area contributed by atoms with E-state index < -0.39 is 17.7 Å². The van der Waals surface area contributed by atoms with Gasteiger partial charge in [0.25, 0.3) is 11.7 Å². The van der Waals surface area contributed by atoms with E-state index in [2.05, 4.69) is 0 Å². The Morgan fingerprint density at radius 2 is 1.60 bits per heavy atom. The zero-order valence-electron chi connectivity index (χ0n) is 16.6. The average molecular weight is 418 g/mol. The molecule has 3 aromatic rings. The van der Waals surface area contributed by atoms with Crippen LogP contribution < -0.4 is 4.90 Å². The highest BCUT2D eigenvalue weighted by atomic mass is 35.5. The molecular weight excluding hydrogens is 398 g/mol. The summed E-state index contributed by atoms with van der Waals surface area (Å²) in [5, 5.41) is 11.5. The fraction of sp³-hybridized carbons (Fsp3) is 0.120. The summed E-state index contributed by atoms with van der Waals surface area (Å²) in [4.78, 5) is 27.7. The van der Waals surface area contributed by atoms with Gasteiger partial charge in [0, 0.05) is 16.3 Å². The smallest absolute Gasteiger partial charge is 0.300 e. The minimum atomic E-state index is -0.760. The molecule has 0 bridgehead atoms. The number of aryl methyl sites for hydroxylation is 2.